The molecule has 2 atom stereocenters. The number of halogens is 2. The van der Waals surface area contributed by atoms with Gasteiger partial charge in [0, 0.05) is 0 Å². The summed E-state index contributed by atoms with van der Waals surface area (Å²) in [5, 5.41) is 11.3. The predicted octanol–water partition coefficient (Wildman–Crippen LogP) is 0.414. The first-order valence-electron chi connectivity index (χ1n) is 4.90. The number of hydrogen-bond acceptors (Lipinski definition) is 5. The van der Waals surface area contributed by atoms with Crippen LogP contribution in [0.25, 0.3) is 0 Å². The highest BCUT2D eigenvalue weighted by atomic mass is 35.5. The molecular formula is C10H8ClFN2O4. The molecule has 6 nitrogen and oxygen atoms in total. The minimum absolute atomic E-state index is 0.00793. The number of aliphatic hydroxyl groups is 1. The minimum atomic E-state index is -1.45. The number of nitrogens with one attached hydrogen (secondary N) is 2. The van der Waals surface area contributed by atoms with Crippen LogP contribution < -0.4 is 10.8 Å². The van der Waals surface area contributed by atoms with E-state index in [2.05, 4.69) is 10.2 Å². The van der Waals surface area contributed by atoms with Crippen LogP contribution in [-0.4, -0.2) is 23.2 Å². The number of carbonyl (C=O) groups is 2. The van der Waals surface area contributed by atoms with E-state index in [1.165, 1.54) is 12.1 Å². The van der Waals surface area contributed by atoms with Crippen molar-refractivity contribution in [1.82, 2.24) is 5.48 Å². The van der Waals surface area contributed by atoms with Crippen molar-refractivity contribution in [3.8, 4) is 0 Å². The van der Waals surface area contributed by atoms with Gasteiger partial charge in [-0.25, -0.2) is 9.18 Å². The zero-order valence-corrected chi connectivity index (χ0v) is 9.57. The fraction of sp³-hybridized carbons (Fsp3) is 0.200. The van der Waals surface area contributed by atoms with Crippen LogP contribution >= 0.6 is 11.6 Å². The largest absolute Gasteiger partial charge is 0.374 e. The van der Waals surface area contributed by atoms with Crippen LogP contribution in [0.3, 0.4) is 0 Å². The lowest BCUT2D eigenvalue weighted by Gasteiger charge is -2.11. The summed E-state index contributed by atoms with van der Waals surface area (Å²) in [6.07, 6.45) is -1.45. The van der Waals surface area contributed by atoms with Crippen LogP contribution in [0.15, 0.2) is 18.2 Å². The topological polar surface area (TPSA) is 87.7 Å². The smallest absolute Gasteiger partial charge is 0.341 e. The summed E-state index contributed by atoms with van der Waals surface area (Å²) in [6, 6.07) is 3.83. The fourth-order valence-electron chi connectivity index (χ4n) is 1.44. The Labute approximate surface area is 106 Å². The van der Waals surface area contributed by atoms with Crippen molar-refractivity contribution in [3.63, 3.8) is 0 Å². The van der Waals surface area contributed by atoms with E-state index in [1.807, 2.05) is 5.48 Å². The van der Waals surface area contributed by atoms with Crippen LogP contribution in [0.1, 0.15) is 0 Å². The molecule has 0 saturated carbocycles. The fourth-order valence-corrected chi connectivity index (χ4v) is 1.61. The van der Waals surface area contributed by atoms with E-state index in [0.29, 0.717) is 0 Å². The molecule has 1 fully saturated rings. The summed E-state index contributed by atoms with van der Waals surface area (Å²) >= 11 is 5.63. The van der Waals surface area contributed by atoms with E-state index >= 15 is 0 Å². The second kappa shape index (κ2) is 4.89. The van der Waals surface area contributed by atoms with Gasteiger partial charge in [0.25, 0.3) is 0 Å². The van der Waals surface area contributed by atoms with E-state index in [0.717, 1.165) is 6.07 Å². The summed E-state index contributed by atoms with van der Waals surface area (Å²) in [7, 11) is 0. The number of amides is 1. The molecule has 96 valence electrons. The van der Waals surface area contributed by atoms with Gasteiger partial charge in [0.1, 0.15) is 5.82 Å². The third-order valence-electron chi connectivity index (χ3n) is 2.34. The zero-order valence-electron chi connectivity index (χ0n) is 8.81. The van der Waals surface area contributed by atoms with Crippen molar-refractivity contribution in [2.24, 2.45) is 5.92 Å². The number of carbonyl (C=O) groups excluding carboxylic acids is 2. The van der Waals surface area contributed by atoms with Crippen molar-refractivity contribution >= 4 is 29.2 Å². The van der Waals surface area contributed by atoms with Gasteiger partial charge in [0.2, 0.25) is 5.91 Å². The third-order valence-corrected chi connectivity index (χ3v) is 2.73. The summed E-state index contributed by atoms with van der Waals surface area (Å²) in [5.41, 5.74) is 1.96. The monoisotopic (exact) mass is 274 g/mol. The van der Waals surface area contributed by atoms with Crippen molar-refractivity contribution in [3.05, 3.63) is 29.0 Å². The first kappa shape index (κ1) is 12.7. The average molecular weight is 275 g/mol. The Morgan fingerprint density at radius 3 is 2.89 bits per heavy atom. The van der Waals surface area contributed by atoms with Crippen molar-refractivity contribution < 1.29 is 23.9 Å². The highest BCUT2D eigenvalue weighted by Gasteiger charge is 2.42. The van der Waals surface area contributed by atoms with Gasteiger partial charge in [-0.3, -0.25) is 4.79 Å². The highest BCUT2D eigenvalue weighted by molar-refractivity contribution is 6.34. The maximum absolute atomic E-state index is 13.1. The molecule has 0 aromatic heterocycles. The maximum atomic E-state index is 13.1. The van der Waals surface area contributed by atoms with E-state index in [9.17, 15) is 19.1 Å². The molecule has 1 heterocycles. The molecular weight excluding hydrogens is 267 g/mol. The van der Waals surface area contributed by atoms with Gasteiger partial charge >= 0.3 is 5.97 Å². The molecule has 1 amide bonds. The number of anilines is 1. The van der Waals surface area contributed by atoms with Crippen LogP contribution in [0, 0.1) is 11.7 Å². The molecule has 1 aromatic rings. The number of hydrogen-bond donors (Lipinski definition) is 3. The summed E-state index contributed by atoms with van der Waals surface area (Å²) < 4.78 is 13.1. The standard InChI is InChI=1S/C10H8ClFN2O4/c11-7-4(12)2-1-3-5(7)13-8(15)6-9(16)14-18-10(6)17/h1-3,6,9,14,16H,(H,13,15). The Kier molecular flexibility index (Phi) is 3.46. The Morgan fingerprint density at radius 2 is 2.28 bits per heavy atom. The Bertz CT molecular complexity index is 511. The molecule has 1 aromatic carbocycles. The van der Waals surface area contributed by atoms with Crippen LogP contribution in [0.5, 0.6) is 0 Å². The quantitative estimate of drug-likeness (QED) is 0.680. The second-order valence-corrected chi connectivity index (χ2v) is 3.93. The summed E-state index contributed by atoms with van der Waals surface area (Å²) in [5.74, 6) is -3.90. The first-order valence-corrected chi connectivity index (χ1v) is 5.27. The lowest BCUT2D eigenvalue weighted by atomic mass is 10.1. The van der Waals surface area contributed by atoms with E-state index in [4.69, 9.17) is 11.6 Å². The molecule has 0 aliphatic carbocycles. The van der Waals surface area contributed by atoms with Crippen LogP contribution in [0.2, 0.25) is 5.02 Å². The maximum Gasteiger partial charge on any atom is 0.341 e. The zero-order chi connectivity index (χ0) is 13.3. The van der Waals surface area contributed by atoms with E-state index in [1.54, 1.807) is 0 Å². The first-order chi connectivity index (χ1) is 8.50. The Hall–Kier alpha value is -1.70. The molecule has 3 N–H and O–H groups in total. The highest BCUT2D eigenvalue weighted by Crippen LogP contribution is 2.25. The number of rotatable bonds is 2. The van der Waals surface area contributed by atoms with E-state index < -0.39 is 29.8 Å². The second-order valence-electron chi connectivity index (χ2n) is 3.55. The molecule has 0 spiro atoms. The van der Waals surface area contributed by atoms with Gasteiger partial charge in [-0.2, -0.15) is 0 Å². The molecule has 18 heavy (non-hydrogen) atoms. The lowest BCUT2D eigenvalue weighted by molar-refractivity contribution is -0.147. The summed E-state index contributed by atoms with van der Waals surface area (Å²) in [6.45, 7) is 0. The molecule has 0 radical (unpaired) electrons. The SMILES string of the molecule is O=C(Nc1cccc(F)c1Cl)C1C(=O)ONC1O. The molecule has 1 aliphatic rings. The molecule has 2 rings (SSSR count). The molecule has 1 aliphatic heterocycles. The molecule has 1 saturated heterocycles. The Morgan fingerprint density at radius 1 is 1.56 bits per heavy atom. The number of benzene rings is 1. The Balaban J connectivity index is 2.16. The molecule has 0 bridgehead atoms. The van der Waals surface area contributed by atoms with Crippen LogP contribution in [0.4, 0.5) is 10.1 Å². The molecule has 8 heteroatoms. The van der Waals surface area contributed by atoms with E-state index in [-0.39, 0.29) is 10.7 Å². The number of aliphatic hydroxyl groups excluding tert-OH is 1. The van der Waals surface area contributed by atoms with Crippen LogP contribution in [-0.2, 0) is 14.4 Å². The van der Waals surface area contributed by atoms with Gasteiger partial charge in [0.15, 0.2) is 12.1 Å². The predicted molar refractivity (Wildman–Crippen MR) is 58.8 cm³/mol. The number of hydroxylamine groups is 1. The van der Waals surface area contributed by atoms with Crippen molar-refractivity contribution in [2.45, 2.75) is 6.23 Å². The minimum Gasteiger partial charge on any atom is -0.374 e. The van der Waals surface area contributed by atoms with Gasteiger partial charge in [-0.1, -0.05) is 17.7 Å². The average Bonchev–Trinajstić information content (AvgIpc) is 2.65. The summed E-state index contributed by atoms with van der Waals surface area (Å²) in [4.78, 5) is 27.1. The van der Waals surface area contributed by atoms with Gasteiger partial charge < -0.3 is 15.3 Å². The van der Waals surface area contributed by atoms with Gasteiger partial charge in [-0.05, 0) is 12.1 Å². The third kappa shape index (κ3) is 2.28. The normalized spacial score (nSPS) is 22.7. The van der Waals surface area contributed by atoms with Gasteiger partial charge in [0.05, 0.1) is 10.7 Å². The van der Waals surface area contributed by atoms with Gasteiger partial charge in [-0.15, -0.1) is 5.48 Å². The van der Waals surface area contributed by atoms with Crippen molar-refractivity contribution in [2.75, 3.05) is 5.32 Å². The lowest BCUT2D eigenvalue weighted by Crippen LogP contribution is -2.36. The van der Waals surface area contributed by atoms with Crippen molar-refractivity contribution in [1.29, 1.82) is 0 Å². The molecule has 2 unspecified atom stereocenters.